The fourth-order valence-corrected chi connectivity index (χ4v) is 3.25. The van der Waals surface area contributed by atoms with Crippen LogP contribution in [0.2, 0.25) is 0 Å². The highest BCUT2D eigenvalue weighted by atomic mass is 32.1. The highest BCUT2D eigenvalue weighted by Gasteiger charge is 2.25. The molecule has 0 radical (unpaired) electrons. The van der Waals surface area contributed by atoms with Gasteiger partial charge in [-0.3, -0.25) is 4.98 Å². The molecule has 1 saturated carbocycles. The summed E-state index contributed by atoms with van der Waals surface area (Å²) in [7, 11) is 2.20. The van der Waals surface area contributed by atoms with E-state index in [1.165, 1.54) is 18.4 Å². The lowest BCUT2D eigenvalue weighted by Crippen LogP contribution is -2.25. The van der Waals surface area contributed by atoms with Crippen molar-refractivity contribution in [2.45, 2.75) is 25.4 Å². The van der Waals surface area contributed by atoms with Crippen LogP contribution >= 0.6 is 12.2 Å². The number of nitrogens with zero attached hydrogens (tertiary/aromatic N) is 3. The Morgan fingerprint density at radius 1 is 1.38 bits per heavy atom. The topological polar surface area (TPSA) is 36.9 Å². The summed E-state index contributed by atoms with van der Waals surface area (Å²) in [6.07, 6.45) is 4.56. The number of nitrogens with one attached hydrogen (secondary N) is 1. The maximum atomic E-state index is 5.51. The van der Waals surface area contributed by atoms with E-state index in [1.807, 2.05) is 18.3 Å². The molecular weight excluding hydrogens is 280 g/mol. The standard InChI is InChI=1S/C16H18N4S/c1-19(11-6-7-11)8-9-20-15-12-4-2-3-5-13(12)17-10-14(15)18-16(20)21/h2-5,10-11H,6-9H2,1H3,(H,18,21). The number of hydrogen-bond donors (Lipinski definition) is 1. The molecule has 5 heteroatoms. The zero-order chi connectivity index (χ0) is 14.4. The minimum atomic E-state index is 0.780. The third-order valence-corrected chi connectivity index (χ3v) is 4.67. The summed E-state index contributed by atoms with van der Waals surface area (Å²) in [5, 5.41) is 1.16. The Bertz CT molecular complexity index is 859. The number of hydrogen-bond acceptors (Lipinski definition) is 3. The van der Waals surface area contributed by atoms with Crippen molar-refractivity contribution in [1.82, 2.24) is 19.4 Å². The second kappa shape index (κ2) is 4.93. The van der Waals surface area contributed by atoms with Crippen LogP contribution in [-0.4, -0.2) is 39.1 Å². The van der Waals surface area contributed by atoms with Gasteiger partial charge >= 0.3 is 0 Å². The number of H-pyrrole nitrogens is 1. The van der Waals surface area contributed by atoms with E-state index in [-0.39, 0.29) is 0 Å². The third kappa shape index (κ3) is 2.26. The fourth-order valence-electron chi connectivity index (χ4n) is 2.96. The van der Waals surface area contributed by atoms with Crippen molar-refractivity contribution in [3.63, 3.8) is 0 Å². The van der Waals surface area contributed by atoms with Gasteiger partial charge < -0.3 is 14.5 Å². The third-order valence-electron chi connectivity index (χ3n) is 4.35. The first kappa shape index (κ1) is 13.0. The van der Waals surface area contributed by atoms with Gasteiger partial charge in [-0.1, -0.05) is 18.2 Å². The summed E-state index contributed by atoms with van der Waals surface area (Å²) in [4.78, 5) is 10.2. The molecule has 108 valence electrons. The molecule has 3 aromatic rings. The predicted octanol–water partition coefficient (Wildman–Crippen LogP) is 3.34. The first-order chi connectivity index (χ1) is 10.2. The molecule has 1 fully saturated rings. The molecule has 0 bridgehead atoms. The number of pyridine rings is 1. The first-order valence-corrected chi connectivity index (χ1v) is 7.81. The van der Waals surface area contributed by atoms with Crippen molar-refractivity contribution in [3.8, 4) is 0 Å². The summed E-state index contributed by atoms with van der Waals surface area (Å²) in [6.45, 7) is 1.95. The fraction of sp³-hybridized carbons (Fsp3) is 0.375. The highest BCUT2D eigenvalue weighted by molar-refractivity contribution is 7.71. The summed E-state index contributed by atoms with van der Waals surface area (Å²) < 4.78 is 3.00. The number of rotatable bonds is 4. The molecule has 0 atom stereocenters. The van der Waals surface area contributed by atoms with Gasteiger partial charge in [0.05, 0.1) is 22.7 Å². The molecule has 1 aliphatic carbocycles. The SMILES string of the molecule is CN(CCn1c(=S)[nH]c2cnc3ccccc3c21)C1CC1. The van der Waals surface area contributed by atoms with E-state index in [4.69, 9.17) is 12.2 Å². The van der Waals surface area contributed by atoms with Gasteiger partial charge in [0.25, 0.3) is 0 Å². The van der Waals surface area contributed by atoms with Gasteiger partial charge in [-0.15, -0.1) is 0 Å². The van der Waals surface area contributed by atoms with Gasteiger partial charge in [0, 0.05) is 24.5 Å². The number of aromatic nitrogens is 3. The first-order valence-electron chi connectivity index (χ1n) is 7.40. The normalized spacial score (nSPS) is 15.3. The molecule has 4 rings (SSSR count). The quantitative estimate of drug-likeness (QED) is 0.751. The Kier molecular flexibility index (Phi) is 3.05. The lowest BCUT2D eigenvalue weighted by molar-refractivity contribution is 0.310. The number of para-hydroxylation sites is 1. The van der Waals surface area contributed by atoms with Crippen LogP contribution < -0.4 is 0 Å². The Balaban J connectivity index is 1.80. The zero-order valence-electron chi connectivity index (χ0n) is 12.0. The van der Waals surface area contributed by atoms with Crippen LogP contribution in [0.1, 0.15) is 12.8 Å². The van der Waals surface area contributed by atoms with Gasteiger partial charge in [0.15, 0.2) is 4.77 Å². The average Bonchev–Trinajstić information content (AvgIpc) is 3.29. The average molecular weight is 298 g/mol. The Morgan fingerprint density at radius 2 is 2.19 bits per heavy atom. The van der Waals surface area contributed by atoms with Crippen LogP contribution in [0.3, 0.4) is 0 Å². The maximum Gasteiger partial charge on any atom is 0.178 e. The molecule has 4 nitrogen and oxygen atoms in total. The summed E-state index contributed by atoms with van der Waals surface area (Å²) in [6, 6.07) is 9.02. The molecule has 21 heavy (non-hydrogen) atoms. The molecule has 2 aromatic heterocycles. The molecular formula is C16H18N4S. The lowest BCUT2D eigenvalue weighted by Gasteiger charge is -2.16. The zero-order valence-corrected chi connectivity index (χ0v) is 12.9. The van der Waals surface area contributed by atoms with Crippen molar-refractivity contribution < 1.29 is 0 Å². The maximum absolute atomic E-state index is 5.51. The van der Waals surface area contributed by atoms with Crippen molar-refractivity contribution in [2.75, 3.05) is 13.6 Å². The van der Waals surface area contributed by atoms with Crippen LogP contribution in [0.4, 0.5) is 0 Å². The Hall–Kier alpha value is -1.72. The van der Waals surface area contributed by atoms with Crippen molar-refractivity contribution >= 4 is 34.2 Å². The Labute approximate surface area is 128 Å². The van der Waals surface area contributed by atoms with Crippen molar-refractivity contribution in [2.24, 2.45) is 0 Å². The number of aromatic amines is 1. The number of imidazole rings is 1. The molecule has 0 saturated heterocycles. The smallest absolute Gasteiger partial charge is 0.178 e. The molecule has 0 spiro atoms. The van der Waals surface area contributed by atoms with Crippen LogP contribution in [0.15, 0.2) is 30.5 Å². The largest absolute Gasteiger partial charge is 0.329 e. The minimum Gasteiger partial charge on any atom is -0.329 e. The van der Waals surface area contributed by atoms with E-state index >= 15 is 0 Å². The molecule has 0 unspecified atom stereocenters. The van der Waals surface area contributed by atoms with Crippen LogP contribution in [0.25, 0.3) is 21.9 Å². The van der Waals surface area contributed by atoms with Crippen LogP contribution in [0.5, 0.6) is 0 Å². The van der Waals surface area contributed by atoms with E-state index in [0.29, 0.717) is 0 Å². The van der Waals surface area contributed by atoms with Gasteiger partial charge in [0.2, 0.25) is 0 Å². The second-order valence-electron chi connectivity index (χ2n) is 5.83. The molecule has 2 heterocycles. The van der Waals surface area contributed by atoms with E-state index in [1.54, 1.807) is 0 Å². The summed E-state index contributed by atoms with van der Waals surface area (Å²) in [5.41, 5.74) is 3.21. The lowest BCUT2D eigenvalue weighted by atomic mass is 10.2. The second-order valence-corrected chi connectivity index (χ2v) is 6.22. The van der Waals surface area contributed by atoms with E-state index < -0.39 is 0 Å². The Morgan fingerprint density at radius 3 is 3.00 bits per heavy atom. The molecule has 1 N–H and O–H groups in total. The highest BCUT2D eigenvalue weighted by Crippen LogP contribution is 2.26. The summed E-state index contributed by atoms with van der Waals surface area (Å²) in [5.74, 6) is 0. The molecule has 0 aliphatic heterocycles. The van der Waals surface area contributed by atoms with Crippen LogP contribution in [0, 0.1) is 4.77 Å². The molecule has 1 aliphatic rings. The van der Waals surface area contributed by atoms with E-state index in [0.717, 1.165) is 40.3 Å². The van der Waals surface area contributed by atoms with Crippen molar-refractivity contribution in [1.29, 1.82) is 0 Å². The monoisotopic (exact) mass is 298 g/mol. The van der Waals surface area contributed by atoms with Gasteiger partial charge in [-0.05, 0) is 38.2 Å². The van der Waals surface area contributed by atoms with Gasteiger partial charge in [-0.25, -0.2) is 0 Å². The number of benzene rings is 1. The summed E-state index contributed by atoms with van der Waals surface area (Å²) >= 11 is 5.51. The number of likely N-dealkylation sites (N-methyl/N-ethyl adjacent to an activating group) is 1. The molecule has 0 amide bonds. The number of fused-ring (bicyclic) bond motifs is 3. The predicted molar refractivity (Wildman–Crippen MR) is 88.1 cm³/mol. The minimum absolute atomic E-state index is 0.780. The van der Waals surface area contributed by atoms with Crippen LogP contribution in [-0.2, 0) is 6.54 Å². The molecule has 1 aromatic carbocycles. The van der Waals surface area contributed by atoms with Gasteiger partial charge in [0.1, 0.15) is 0 Å². The van der Waals surface area contributed by atoms with Crippen molar-refractivity contribution in [3.05, 3.63) is 35.2 Å². The van der Waals surface area contributed by atoms with Gasteiger partial charge in [-0.2, -0.15) is 0 Å². The van der Waals surface area contributed by atoms with E-state index in [2.05, 4.69) is 38.6 Å². The van der Waals surface area contributed by atoms with E-state index in [9.17, 15) is 0 Å².